The van der Waals surface area contributed by atoms with E-state index < -0.39 is 0 Å². The number of aryl methyl sites for hydroxylation is 1. The van der Waals surface area contributed by atoms with Crippen molar-refractivity contribution in [1.82, 2.24) is 15.2 Å². The molecule has 0 spiro atoms. The quantitative estimate of drug-likeness (QED) is 0.535. The van der Waals surface area contributed by atoms with Crippen LogP contribution in [0.1, 0.15) is 76.7 Å². The third-order valence-electron chi connectivity index (χ3n) is 7.89. The second kappa shape index (κ2) is 9.49. The lowest BCUT2D eigenvalue weighted by Crippen LogP contribution is -2.46. The first-order valence-corrected chi connectivity index (χ1v) is 12.1. The molecule has 4 heteroatoms. The van der Waals surface area contributed by atoms with Crippen molar-refractivity contribution in [2.24, 2.45) is 23.2 Å². The Hall–Kier alpha value is -1.58. The van der Waals surface area contributed by atoms with Crippen LogP contribution in [0.4, 0.5) is 4.79 Å². The van der Waals surface area contributed by atoms with Crippen LogP contribution in [0.15, 0.2) is 24.5 Å². The number of hydrogen-bond donors (Lipinski definition) is 1. The molecule has 4 saturated carbocycles. The molecule has 0 aromatic carbocycles. The second-order valence-electron chi connectivity index (χ2n) is 10.1. The number of urea groups is 1. The van der Waals surface area contributed by atoms with E-state index in [9.17, 15) is 4.79 Å². The molecule has 4 nitrogen and oxygen atoms in total. The van der Waals surface area contributed by atoms with Crippen LogP contribution in [0.3, 0.4) is 0 Å². The molecule has 4 fully saturated rings. The van der Waals surface area contributed by atoms with Crippen LogP contribution >= 0.6 is 0 Å². The van der Waals surface area contributed by atoms with Gasteiger partial charge in [0.2, 0.25) is 0 Å². The van der Waals surface area contributed by atoms with Crippen molar-refractivity contribution in [2.45, 2.75) is 77.6 Å². The molecule has 0 saturated heterocycles. The van der Waals surface area contributed by atoms with Gasteiger partial charge in [-0.2, -0.15) is 0 Å². The third-order valence-corrected chi connectivity index (χ3v) is 7.89. The minimum Gasteiger partial charge on any atom is -0.338 e. The topological polar surface area (TPSA) is 45.2 Å². The van der Waals surface area contributed by atoms with Gasteiger partial charge in [-0.15, -0.1) is 0 Å². The number of carbonyl (C=O) groups is 1. The minimum absolute atomic E-state index is 0.108. The number of nitrogens with zero attached hydrogens (tertiary/aromatic N) is 2. The average Bonchev–Trinajstić information content (AvgIpc) is 2.71. The van der Waals surface area contributed by atoms with Crippen molar-refractivity contribution >= 4 is 6.03 Å². The van der Waals surface area contributed by atoms with Crippen LogP contribution in [0.25, 0.3) is 0 Å². The van der Waals surface area contributed by atoms with E-state index in [4.69, 9.17) is 0 Å². The molecule has 5 rings (SSSR count). The maximum atomic E-state index is 12.5. The van der Waals surface area contributed by atoms with E-state index in [-0.39, 0.29) is 6.03 Å². The summed E-state index contributed by atoms with van der Waals surface area (Å²) >= 11 is 0. The lowest BCUT2D eigenvalue weighted by atomic mass is 9.48. The normalized spacial score (nSPS) is 29.8. The van der Waals surface area contributed by atoms with Gasteiger partial charge < -0.3 is 10.2 Å². The fraction of sp³-hybridized carbons (Fsp3) is 0.760. The zero-order valence-corrected chi connectivity index (χ0v) is 18.2. The molecule has 4 aliphatic carbocycles. The van der Waals surface area contributed by atoms with Gasteiger partial charge in [0, 0.05) is 32.0 Å². The van der Waals surface area contributed by atoms with E-state index in [1.165, 1.54) is 56.9 Å². The number of amides is 2. The average molecular weight is 398 g/mol. The van der Waals surface area contributed by atoms with Crippen molar-refractivity contribution in [3.63, 3.8) is 0 Å². The summed E-state index contributed by atoms with van der Waals surface area (Å²) in [5.41, 5.74) is 1.97. The van der Waals surface area contributed by atoms with Crippen LogP contribution in [0.5, 0.6) is 0 Å². The molecule has 1 aromatic rings. The Morgan fingerprint density at radius 2 is 1.72 bits per heavy atom. The summed E-state index contributed by atoms with van der Waals surface area (Å²) in [5.74, 6) is 3.14. The van der Waals surface area contributed by atoms with Gasteiger partial charge in [-0.1, -0.05) is 6.42 Å². The van der Waals surface area contributed by atoms with Gasteiger partial charge in [-0.05, 0) is 112 Å². The first-order valence-electron chi connectivity index (χ1n) is 12.1. The van der Waals surface area contributed by atoms with Crippen molar-refractivity contribution in [2.75, 3.05) is 19.6 Å². The highest BCUT2D eigenvalue weighted by Crippen LogP contribution is 2.61. The molecule has 4 aliphatic rings. The fourth-order valence-corrected chi connectivity index (χ4v) is 6.95. The summed E-state index contributed by atoms with van der Waals surface area (Å²) < 4.78 is 0. The van der Waals surface area contributed by atoms with Crippen molar-refractivity contribution < 1.29 is 4.79 Å². The maximum Gasteiger partial charge on any atom is 0.317 e. The number of carbonyl (C=O) groups excluding carboxylic acids is 1. The highest BCUT2D eigenvalue weighted by atomic mass is 16.2. The van der Waals surface area contributed by atoms with E-state index in [0.29, 0.717) is 5.41 Å². The van der Waals surface area contributed by atoms with Crippen molar-refractivity contribution in [1.29, 1.82) is 0 Å². The van der Waals surface area contributed by atoms with Crippen molar-refractivity contribution in [3.8, 4) is 0 Å². The third kappa shape index (κ3) is 5.32. The Labute approximate surface area is 176 Å². The monoisotopic (exact) mass is 397 g/mol. The lowest BCUT2D eigenvalue weighted by Gasteiger charge is -2.57. The van der Waals surface area contributed by atoms with Gasteiger partial charge in [0.25, 0.3) is 0 Å². The van der Waals surface area contributed by atoms with E-state index in [2.05, 4.69) is 17.2 Å². The van der Waals surface area contributed by atoms with Crippen LogP contribution < -0.4 is 5.32 Å². The molecule has 0 aliphatic heterocycles. The summed E-state index contributed by atoms with van der Waals surface area (Å²) in [7, 11) is 0. The van der Waals surface area contributed by atoms with Crippen molar-refractivity contribution in [3.05, 3.63) is 30.1 Å². The largest absolute Gasteiger partial charge is 0.338 e. The Bertz CT molecular complexity index is 624. The number of hydrogen-bond acceptors (Lipinski definition) is 2. The Morgan fingerprint density at radius 1 is 1.07 bits per heavy atom. The molecule has 4 bridgehead atoms. The molecule has 0 unspecified atom stereocenters. The molecule has 0 atom stereocenters. The van der Waals surface area contributed by atoms with Gasteiger partial charge in [0.15, 0.2) is 0 Å². The standard InChI is InChI=1S/C25H39N3O/c1-2-28(24(29)27-10-5-6-20-7-11-26-12-8-20)13-4-3-9-25-17-21-14-22(18-25)16-23(15-21)19-25/h7-8,11-12,21-23H,2-6,9-10,13-19H2,1H3,(H,27,29). The predicted octanol–water partition coefficient (Wildman–Crippen LogP) is 5.43. The number of unbranched alkanes of at least 4 members (excludes halogenated alkanes) is 1. The van der Waals surface area contributed by atoms with Crippen LogP contribution in [-0.4, -0.2) is 35.5 Å². The first kappa shape index (κ1) is 20.7. The molecule has 1 N–H and O–H groups in total. The van der Waals surface area contributed by atoms with E-state index in [1.54, 1.807) is 0 Å². The van der Waals surface area contributed by atoms with Gasteiger partial charge in [0.1, 0.15) is 0 Å². The smallest absolute Gasteiger partial charge is 0.317 e. The van der Waals surface area contributed by atoms with E-state index in [1.807, 2.05) is 29.4 Å². The number of aromatic nitrogens is 1. The molecule has 160 valence electrons. The molecular formula is C25H39N3O. The van der Waals surface area contributed by atoms with Gasteiger partial charge >= 0.3 is 6.03 Å². The lowest BCUT2D eigenvalue weighted by molar-refractivity contribution is -0.0584. The molecule has 0 radical (unpaired) electrons. The summed E-state index contributed by atoms with van der Waals surface area (Å²) in [6.45, 7) is 4.53. The van der Waals surface area contributed by atoms with Gasteiger partial charge in [0.05, 0.1) is 0 Å². The maximum absolute atomic E-state index is 12.5. The van der Waals surface area contributed by atoms with E-state index >= 15 is 0 Å². The van der Waals surface area contributed by atoms with Crippen LogP contribution in [0, 0.1) is 23.2 Å². The first-order chi connectivity index (χ1) is 14.2. The summed E-state index contributed by atoms with van der Waals surface area (Å²) in [5, 5.41) is 3.11. The SMILES string of the molecule is CCN(CCCCC12CC3CC(CC(C3)C1)C2)C(=O)NCCCc1ccncc1. The van der Waals surface area contributed by atoms with Crippen LogP contribution in [-0.2, 0) is 6.42 Å². The number of pyridine rings is 1. The molecular weight excluding hydrogens is 358 g/mol. The van der Waals surface area contributed by atoms with Gasteiger partial charge in [-0.3, -0.25) is 4.98 Å². The molecule has 2 amide bonds. The van der Waals surface area contributed by atoms with Gasteiger partial charge in [-0.25, -0.2) is 4.79 Å². The van der Waals surface area contributed by atoms with Crippen LogP contribution in [0.2, 0.25) is 0 Å². The minimum atomic E-state index is 0.108. The highest BCUT2D eigenvalue weighted by Gasteiger charge is 2.50. The Kier molecular flexibility index (Phi) is 6.77. The van der Waals surface area contributed by atoms with E-state index in [0.717, 1.165) is 56.7 Å². The zero-order chi connectivity index (χ0) is 20.1. The Balaban J connectivity index is 1.12. The summed E-state index contributed by atoms with van der Waals surface area (Å²) in [4.78, 5) is 18.5. The number of rotatable bonds is 10. The summed E-state index contributed by atoms with van der Waals surface area (Å²) in [6, 6.07) is 4.20. The molecule has 1 aromatic heterocycles. The predicted molar refractivity (Wildman–Crippen MR) is 118 cm³/mol. The second-order valence-corrected chi connectivity index (χ2v) is 10.1. The zero-order valence-electron chi connectivity index (χ0n) is 18.2. The summed E-state index contributed by atoms with van der Waals surface area (Å²) in [6.07, 6.45) is 18.6. The number of nitrogens with one attached hydrogen (secondary N) is 1. The Morgan fingerprint density at radius 3 is 2.34 bits per heavy atom. The molecule has 29 heavy (non-hydrogen) atoms. The molecule has 1 heterocycles. The fourth-order valence-electron chi connectivity index (χ4n) is 6.95. The highest BCUT2D eigenvalue weighted by molar-refractivity contribution is 5.74.